The molecule has 0 spiro atoms. The third-order valence-corrected chi connectivity index (χ3v) is 6.11. The summed E-state index contributed by atoms with van der Waals surface area (Å²) in [6.45, 7) is 0. The minimum Gasteiger partial charge on any atom is -0.351 e. The number of aromatic nitrogens is 2. The number of nitrogens with zero attached hydrogens (tertiary/aromatic N) is 3. The second kappa shape index (κ2) is 12.0. The Morgan fingerprint density at radius 3 is 2.33 bits per heavy atom. The van der Waals surface area contributed by atoms with E-state index in [1.54, 1.807) is 42.9 Å². The molecular weight excluding hydrogens is 461 g/mol. The van der Waals surface area contributed by atoms with E-state index in [0.29, 0.717) is 16.9 Å². The van der Waals surface area contributed by atoms with Gasteiger partial charge in [0.2, 0.25) is 17.7 Å². The molecule has 3 aromatic rings. The molecule has 36 heavy (non-hydrogen) atoms. The van der Waals surface area contributed by atoms with Gasteiger partial charge >= 0.3 is 0 Å². The Kier molecular flexibility index (Phi) is 8.33. The van der Waals surface area contributed by atoms with Gasteiger partial charge in [-0.25, -0.2) is 4.39 Å². The number of amides is 3. The number of rotatable bonds is 9. The fourth-order valence-corrected chi connectivity index (χ4v) is 4.35. The lowest BCUT2D eigenvalue weighted by atomic mass is 10.0. The van der Waals surface area contributed by atoms with Crippen molar-refractivity contribution < 1.29 is 18.8 Å². The molecule has 9 heteroatoms. The van der Waals surface area contributed by atoms with Gasteiger partial charge in [-0.15, -0.1) is 0 Å². The average molecular weight is 490 g/mol. The lowest BCUT2D eigenvalue weighted by molar-refractivity contribution is -0.127. The van der Waals surface area contributed by atoms with Crippen LogP contribution in [0.1, 0.15) is 50.1 Å². The predicted octanol–water partition coefficient (Wildman–Crippen LogP) is 4.17. The van der Waals surface area contributed by atoms with Crippen LogP contribution in [0, 0.1) is 5.82 Å². The quantitative estimate of drug-likeness (QED) is 0.470. The molecule has 2 aromatic heterocycles. The largest absolute Gasteiger partial charge is 0.351 e. The van der Waals surface area contributed by atoms with Gasteiger partial charge in [0.25, 0.3) is 0 Å². The highest BCUT2D eigenvalue weighted by atomic mass is 19.1. The fourth-order valence-electron chi connectivity index (χ4n) is 4.35. The summed E-state index contributed by atoms with van der Waals surface area (Å²) in [5.41, 5.74) is 1.45. The number of carbonyl (C=O) groups excluding carboxylic acids is 3. The molecule has 0 unspecified atom stereocenters. The molecule has 1 aromatic carbocycles. The second-order valence-electron chi connectivity index (χ2n) is 8.70. The Morgan fingerprint density at radius 2 is 1.67 bits per heavy atom. The molecule has 8 nitrogen and oxygen atoms in total. The van der Waals surface area contributed by atoms with Crippen molar-refractivity contribution in [2.24, 2.45) is 0 Å². The molecule has 0 radical (unpaired) electrons. The van der Waals surface area contributed by atoms with Gasteiger partial charge in [0, 0.05) is 43.2 Å². The van der Waals surface area contributed by atoms with E-state index >= 15 is 0 Å². The third kappa shape index (κ3) is 6.50. The third-order valence-electron chi connectivity index (χ3n) is 6.11. The monoisotopic (exact) mass is 489 g/mol. The van der Waals surface area contributed by atoms with Crippen molar-refractivity contribution >= 4 is 29.1 Å². The van der Waals surface area contributed by atoms with Gasteiger partial charge in [-0.2, -0.15) is 0 Å². The van der Waals surface area contributed by atoms with Crippen molar-refractivity contribution in [1.29, 1.82) is 0 Å². The van der Waals surface area contributed by atoms with Crippen LogP contribution in [0.5, 0.6) is 0 Å². The molecule has 0 saturated heterocycles. The van der Waals surface area contributed by atoms with Crippen LogP contribution < -0.4 is 15.5 Å². The lowest BCUT2D eigenvalue weighted by Gasteiger charge is -2.32. The summed E-state index contributed by atoms with van der Waals surface area (Å²) < 4.78 is 13.7. The molecule has 1 fully saturated rings. The number of hydrogen-bond acceptors (Lipinski definition) is 5. The van der Waals surface area contributed by atoms with E-state index in [1.165, 1.54) is 35.4 Å². The Labute approximate surface area is 209 Å². The van der Waals surface area contributed by atoms with Crippen molar-refractivity contribution in [1.82, 2.24) is 15.3 Å². The zero-order valence-electron chi connectivity index (χ0n) is 19.8. The molecule has 0 aliphatic heterocycles. The standard InChI is InChI=1S/C27H28FN5O3/c28-20-7-9-23(10-8-20)33(25(35)12-11-24(34)31-22-6-3-15-30-18-22)26(19-13-16-29-17-14-19)27(36)32-21-4-1-2-5-21/h3,6-10,13-18,21,26H,1-2,4-5,11-12H2,(H,31,34)(H,32,36)/t26-/m1/s1. The number of nitrogens with one attached hydrogen (secondary N) is 2. The number of carbonyl (C=O) groups is 3. The highest BCUT2D eigenvalue weighted by Crippen LogP contribution is 2.30. The summed E-state index contributed by atoms with van der Waals surface area (Å²) in [6.07, 6.45) is 9.81. The molecule has 186 valence electrons. The van der Waals surface area contributed by atoms with Crippen LogP contribution in [-0.2, 0) is 14.4 Å². The minimum atomic E-state index is -1.01. The maximum atomic E-state index is 13.7. The number of halogens is 1. The number of anilines is 2. The molecule has 1 aliphatic rings. The smallest absolute Gasteiger partial charge is 0.248 e. The van der Waals surface area contributed by atoms with Gasteiger partial charge in [-0.05, 0) is 66.9 Å². The van der Waals surface area contributed by atoms with E-state index in [1.807, 2.05) is 0 Å². The zero-order chi connectivity index (χ0) is 25.3. The van der Waals surface area contributed by atoms with Gasteiger partial charge in [0.05, 0.1) is 11.9 Å². The minimum absolute atomic E-state index is 0.0391. The summed E-state index contributed by atoms with van der Waals surface area (Å²) in [6, 6.07) is 11.2. The first-order chi connectivity index (χ1) is 17.5. The molecule has 2 heterocycles. The molecule has 2 N–H and O–H groups in total. The summed E-state index contributed by atoms with van der Waals surface area (Å²) in [5.74, 6) is -1.58. The van der Waals surface area contributed by atoms with Crippen LogP contribution in [0.2, 0.25) is 0 Å². The van der Waals surface area contributed by atoms with Gasteiger partial charge in [-0.3, -0.25) is 29.3 Å². The van der Waals surface area contributed by atoms with Gasteiger partial charge in [-0.1, -0.05) is 12.8 Å². The first-order valence-electron chi connectivity index (χ1n) is 12.0. The van der Waals surface area contributed by atoms with E-state index in [4.69, 9.17) is 0 Å². The zero-order valence-corrected chi connectivity index (χ0v) is 19.8. The predicted molar refractivity (Wildman–Crippen MR) is 133 cm³/mol. The Morgan fingerprint density at radius 1 is 0.944 bits per heavy atom. The number of pyridine rings is 2. The normalized spacial score (nSPS) is 14.1. The van der Waals surface area contributed by atoms with Crippen molar-refractivity contribution in [2.45, 2.75) is 50.6 Å². The highest BCUT2D eigenvalue weighted by molar-refractivity contribution is 6.03. The van der Waals surface area contributed by atoms with Crippen molar-refractivity contribution in [3.63, 3.8) is 0 Å². The number of benzene rings is 1. The van der Waals surface area contributed by atoms with Gasteiger partial charge < -0.3 is 10.6 Å². The SMILES string of the molecule is O=C(CCC(=O)N(c1ccc(F)cc1)[C@@H](C(=O)NC1CCCC1)c1ccncc1)Nc1cccnc1. The Bertz CT molecular complexity index is 1170. The van der Waals surface area contributed by atoms with Crippen molar-refractivity contribution in [2.75, 3.05) is 10.2 Å². The van der Waals surface area contributed by atoms with E-state index in [-0.39, 0.29) is 30.7 Å². The Balaban J connectivity index is 1.60. The maximum absolute atomic E-state index is 13.7. The molecule has 3 amide bonds. The molecule has 1 aliphatic carbocycles. The van der Waals surface area contributed by atoms with Crippen LogP contribution in [0.25, 0.3) is 0 Å². The summed E-state index contributed by atoms with van der Waals surface area (Å²) in [5, 5.41) is 5.78. The van der Waals surface area contributed by atoms with Crippen molar-refractivity contribution in [3.05, 3.63) is 84.7 Å². The topological polar surface area (TPSA) is 104 Å². The first kappa shape index (κ1) is 25.0. The molecular formula is C27H28FN5O3. The molecule has 0 bridgehead atoms. The fraction of sp³-hybridized carbons (Fsp3) is 0.296. The van der Waals surface area contributed by atoms with Crippen molar-refractivity contribution in [3.8, 4) is 0 Å². The second-order valence-corrected chi connectivity index (χ2v) is 8.70. The molecule has 1 atom stereocenters. The lowest BCUT2D eigenvalue weighted by Crippen LogP contribution is -2.46. The van der Waals surface area contributed by atoms with E-state index in [0.717, 1.165) is 25.7 Å². The van der Waals surface area contributed by atoms with Gasteiger partial charge in [0.1, 0.15) is 11.9 Å². The van der Waals surface area contributed by atoms with Crippen LogP contribution >= 0.6 is 0 Å². The van der Waals surface area contributed by atoms with E-state index < -0.39 is 17.8 Å². The molecule has 4 rings (SSSR count). The van der Waals surface area contributed by atoms with E-state index in [2.05, 4.69) is 20.6 Å². The van der Waals surface area contributed by atoms with Crippen LogP contribution in [0.15, 0.2) is 73.3 Å². The maximum Gasteiger partial charge on any atom is 0.248 e. The van der Waals surface area contributed by atoms with Gasteiger partial charge in [0.15, 0.2) is 0 Å². The molecule has 1 saturated carbocycles. The summed E-state index contributed by atoms with van der Waals surface area (Å²) >= 11 is 0. The first-order valence-corrected chi connectivity index (χ1v) is 12.0. The van der Waals surface area contributed by atoms with Crippen LogP contribution in [0.3, 0.4) is 0 Å². The average Bonchev–Trinajstić information content (AvgIpc) is 3.40. The van der Waals surface area contributed by atoms with Crippen LogP contribution in [-0.4, -0.2) is 33.7 Å². The van der Waals surface area contributed by atoms with E-state index in [9.17, 15) is 18.8 Å². The Hall–Kier alpha value is -4.14. The number of hydrogen-bond donors (Lipinski definition) is 2. The van der Waals surface area contributed by atoms with Crippen LogP contribution in [0.4, 0.5) is 15.8 Å². The summed E-state index contributed by atoms with van der Waals surface area (Å²) in [4.78, 5) is 49.0. The highest BCUT2D eigenvalue weighted by Gasteiger charge is 2.34. The summed E-state index contributed by atoms with van der Waals surface area (Å²) in [7, 11) is 0.